The molecule has 1 aliphatic rings. The van der Waals surface area contributed by atoms with Crippen LogP contribution in [0.3, 0.4) is 0 Å². The summed E-state index contributed by atoms with van der Waals surface area (Å²) in [6.45, 7) is 1.63. The third kappa shape index (κ3) is 4.17. The van der Waals surface area contributed by atoms with Crippen LogP contribution in [-0.2, 0) is 0 Å². The smallest absolute Gasteiger partial charge is 0.327 e. The topological polar surface area (TPSA) is 80.5 Å². The van der Waals surface area contributed by atoms with Crippen LogP contribution in [0.2, 0.25) is 0 Å². The maximum atomic E-state index is 14.0. The number of urea groups is 1. The predicted molar refractivity (Wildman–Crippen MR) is 125 cm³/mol. The van der Waals surface area contributed by atoms with Gasteiger partial charge in [-0.1, -0.05) is 29.4 Å². The molecule has 1 N–H and O–H groups in total. The van der Waals surface area contributed by atoms with E-state index in [4.69, 9.17) is 9.26 Å². The number of anilines is 1. The number of ether oxygens (including phenoxy) is 1. The lowest BCUT2D eigenvalue weighted by atomic mass is 9.94. The lowest BCUT2D eigenvalue weighted by Gasteiger charge is -2.35. The SMILES string of the molecule is COc1cccc(C2NC(=O)N(c3ccc(F)c(F)c3)C(C)=C2c2nc(-c3cccc(F)c3)no2)c1. The van der Waals surface area contributed by atoms with Gasteiger partial charge in [0, 0.05) is 17.3 Å². The highest BCUT2D eigenvalue weighted by Crippen LogP contribution is 2.40. The second kappa shape index (κ2) is 9.21. The normalized spacial score (nSPS) is 15.8. The van der Waals surface area contributed by atoms with Crippen LogP contribution in [0.5, 0.6) is 5.75 Å². The molecule has 1 aliphatic heterocycles. The van der Waals surface area contributed by atoms with Crippen LogP contribution in [0.4, 0.5) is 23.7 Å². The third-order valence-electron chi connectivity index (χ3n) is 5.81. The Hall–Kier alpha value is -4.60. The van der Waals surface area contributed by atoms with Crippen LogP contribution in [0, 0.1) is 17.5 Å². The fraction of sp³-hybridized carbons (Fsp3) is 0.115. The molecule has 0 radical (unpaired) electrons. The first-order chi connectivity index (χ1) is 17.4. The van der Waals surface area contributed by atoms with E-state index in [9.17, 15) is 18.0 Å². The fourth-order valence-corrected chi connectivity index (χ4v) is 4.10. The van der Waals surface area contributed by atoms with Crippen molar-refractivity contribution in [3.8, 4) is 17.1 Å². The van der Waals surface area contributed by atoms with E-state index in [0.29, 0.717) is 28.1 Å². The van der Waals surface area contributed by atoms with Gasteiger partial charge in [0.2, 0.25) is 5.82 Å². The highest BCUT2D eigenvalue weighted by Gasteiger charge is 2.37. The number of aromatic nitrogens is 2. The Balaban J connectivity index is 1.67. The molecular weight excluding hydrogens is 473 g/mol. The summed E-state index contributed by atoms with van der Waals surface area (Å²) >= 11 is 0. The molecule has 4 aromatic rings. The quantitative estimate of drug-likeness (QED) is 0.377. The van der Waals surface area contributed by atoms with Crippen LogP contribution in [0.15, 0.2) is 77.0 Å². The standard InChI is InChI=1S/C26H19F3N4O3/c1-14-22(25-31-24(32-36-25)16-6-3-7-17(27)11-16)23(15-5-4-8-19(12-15)35-2)30-26(34)33(14)18-9-10-20(28)21(29)13-18/h3-13,23H,1-2H3,(H,30,34). The summed E-state index contributed by atoms with van der Waals surface area (Å²) in [6.07, 6.45) is 0. The van der Waals surface area contributed by atoms with Gasteiger partial charge in [0.1, 0.15) is 11.6 Å². The van der Waals surface area contributed by atoms with Crippen LogP contribution >= 0.6 is 0 Å². The number of allylic oxidation sites excluding steroid dienone is 1. The molecule has 0 aliphatic carbocycles. The van der Waals surface area contributed by atoms with Gasteiger partial charge >= 0.3 is 6.03 Å². The summed E-state index contributed by atoms with van der Waals surface area (Å²) in [4.78, 5) is 18.9. The number of rotatable bonds is 5. The minimum absolute atomic E-state index is 0.0622. The second-order valence-electron chi connectivity index (χ2n) is 8.03. The first kappa shape index (κ1) is 23.2. The number of nitrogens with one attached hydrogen (secondary N) is 1. The zero-order valence-corrected chi connectivity index (χ0v) is 19.1. The molecule has 5 rings (SSSR count). The van der Waals surface area contributed by atoms with Gasteiger partial charge in [-0.25, -0.2) is 18.0 Å². The van der Waals surface area contributed by atoms with E-state index < -0.39 is 29.5 Å². The molecule has 1 atom stereocenters. The van der Waals surface area contributed by atoms with Gasteiger partial charge in [-0.2, -0.15) is 4.98 Å². The molecule has 2 heterocycles. The van der Waals surface area contributed by atoms with Gasteiger partial charge in [0.15, 0.2) is 11.6 Å². The molecule has 182 valence electrons. The number of hydrogen-bond donors (Lipinski definition) is 1. The van der Waals surface area contributed by atoms with E-state index in [1.807, 2.05) is 0 Å². The van der Waals surface area contributed by atoms with Crippen LogP contribution in [0.1, 0.15) is 24.4 Å². The first-order valence-corrected chi connectivity index (χ1v) is 10.9. The molecule has 0 fully saturated rings. The molecule has 0 saturated heterocycles. The highest BCUT2D eigenvalue weighted by molar-refractivity contribution is 6.01. The fourth-order valence-electron chi connectivity index (χ4n) is 4.10. The number of halogens is 3. The maximum absolute atomic E-state index is 14.0. The maximum Gasteiger partial charge on any atom is 0.327 e. The van der Waals surface area contributed by atoms with Crippen molar-refractivity contribution in [1.82, 2.24) is 15.5 Å². The minimum Gasteiger partial charge on any atom is -0.497 e. The summed E-state index contributed by atoms with van der Waals surface area (Å²) in [6, 6.07) is 14.6. The van der Waals surface area contributed by atoms with Crippen molar-refractivity contribution in [3.63, 3.8) is 0 Å². The molecule has 0 spiro atoms. The minimum atomic E-state index is -1.10. The molecule has 7 nitrogen and oxygen atoms in total. The van der Waals surface area contributed by atoms with Crippen molar-refractivity contribution in [1.29, 1.82) is 0 Å². The van der Waals surface area contributed by atoms with E-state index in [2.05, 4.69) is 15.5 Å². The van der Waals surface area contributed by atoms with E-state index in [0.717, 1.165) is 12.1 Å². The number of benzene rings is 3. The second-order valence-corrected chi connectivity index (χ2v) is 8.03. The molecule has 3 aromatic carbocycles. The number of carbonyl (C=O) groups is 1. The van der Waals surface area contributed by atoms with Crippen molar-refractivity contribution < 1.29 is 27.2 Å². The highest BCUT2D eigenvalue weighted by atomic mass is 19.2. The summed E-state index contributed by atoms with van der Waals surface area (Å²) in [5, 5.41) is 6.86. The van der Waals surface area contributed by atoms with Crippen molar-refractivity contribution in [2.45, 2.75) is 13.0 Å². The van der Waals surface area contributed by atoms with E-state index in [-0.39, 0.29) is 17.4 Å². The molecule has 2 amide bonds. The Morgan fingerprint density at radius 3 is 2.56 bits per heavy atom. The number of hydrogen-bond acceptors (Lipinski definition) is 5. The average Bonchev–Trinajstić information content (AvgIpc) is 3.35. The van der Waals surface area contributed by atoms with Crippen LogP contribution in [-0.4, -0.2) is 23.3 Å². The summed E-state index contributed by atoms with van der Waals surface area (Å²) < 4.78 is 52.2. The number of nitrogens with zero attached hydrogens (tertiary/aromatic N) is 3. The Morgan fingerprint density at radius 2 is 1.81 bits per heavy atom. The molecule has 1 aromatic heterocycles. The van der Waals surface area contributed by atoms with Gasteiger partial charge in [-0.15, -0.1) is 0 Å². The molecular formula is C26H19F3N4O3. The van der Waals surface area contributed by atoms with Gasteiger partial charge < -0.3 is 14.6 Å². The van der Waals surface area contributed by atoms with Crippen LogP contribution < -0.4 is 15.0 Å². The molecule has 36 heavy (non-hydrogen) atoms. The van der Waals surface area contributed by atoms with E-state index in [1.54, 1.807) is 37.3 Å². The van der Waals surface area contributed by atoms with E-state index in [1.165, 1.54) is 36.3 Å². The Bertz CT molecular complexity index is 1500. The Morgan fingerprint density at radius 1 is 1.00 bits per heavy atom. The molecule has 10 heteroatoms. The molecule has 0 bridgehead atoms. The van der Waals surface area contributed by atoms with Crippen molar-refractivity contribution in [2.24, 2.45) is 0 Å². The number of carbonyl (C=O) groups excluding carboxylic acids is 1. The van der Waals surface area contributed by atoms with Crippen molar-refractivity contribution in [3.05, 3.63) is 101 Å². The van der Waals surface area contributed by atoms with Gasteiger partial charge in [0.05, 0.1) is 24.4 Å². The summed E-state index contributed by atoms with van der Waals surface area (Å²) in [5.41, 5.74) is 1.94. The molecule has 0 saturated carbocycles. The third-order valence-corrected chi connectivity index (χ3v) is 5.81. The van der Waals surface area contributed by atoms with Gasteiger partial charge in [-0.3, -0.25) is 4.90 Å². The zero-order valence-electron chi connectivity index (χ0n) is 19.1. The number of amides is 2. The summed E-state index contributed by atoms with van der Waals surface area (Å²) in [5.74, 6) is -1.83. The van der Waals surface area contributed by atoms with Crippen molar-refractivity contribution in [2.75, 3.05) is 12.0 Å². The van der Waals surface area contributed by atoms with Crippen LogP contribution in [0.25, 0.3) is 17.0 Å². The molecule has 1 unspecified atom stereocenters. The van der Waals surface area contributed by atoms with Gasteiger partial charge in [-0.05, 0) is 48.9 Å². The van der Waals surface area contributed by atoms with Gasteiger partial charge in [0.25, 0.3) is 5.89 Å². The zero-order chi connectivity index (χ0) is 25.4. The summed E-state index contributed by atoms with van der Waals surface area (Å²) in [7, 11) is 1.52. The first-order valence-electron chi connectivity index (χ1n) is 10.9. The largest absolute Gasteiger partial charge is 0.497 e. The monoisotopic (exact) mass is 492 g/mol. The predicted octanol–water partition coefficient (Wildman–Crippen LogP) is 5.86. The lowest BCUT2D eigenvalue weighted by Crippen LogP contribution is -2.46. The van der Waals surface area contributed by atoms with E-state index >= 15 is 0 Å². The Kier molecular flexibility index (Phi) is 5.93. The average molecular weight is 492 g/mol. The number of methoxy groups -OCH3 is 1. The van der Waals surface area contributed by atoms with Crippen molar-refractivity contribution >= 4 is 17.3 Å². The Labute approximate surface area is 203 Å². The lowest BCUT2D eigenvalue weighted by molar-refractivity contribution is 0.244.